The van der Waals surface area contributed by atoms with Gasteiger partial charge in [-0.1, -0.05) is 46.3 Å². The molecule has 0 bridgehead atoms. The zero-order valence-electron chi connectivity index (χ0n) is 22.3. The number of aryl methyl sites for hydroxylation is 3. The quantitative estimate of drug-likeness (QED) is 0.113. The van der Waals surface area contributed by atoms with Crippen LogP contribution in [0.15, 0.2) is 76.9 Å². The zero-order valence-corrected chi connectivity index (χ0v) is 25.5. The van der Waals surface area contributed by atoms with Crippen LogP contribution in [0.4, 0.5) is 0 Å². The van der Waals surface area contributed by atoms with Crippen LogP contribution in [-0.2, 0) is 24.9 Å². The van der Waals surface area contributed by atoms with Gasteiger partial charge in [0.25, 0.3) is 0 Å². The van der Waals surface area contributed by atoms with Crippen molar-refractivity contribution in [3.8, 4) is 21.7 Å². The van der Waals surface area contributed by atoms with E-state index in [0.29, 0.717) is 5.71 Å². The molecule has 1 N–H and O–H groups in total. The van der Waals surface area contributed by atoms with Gasteiger partial charge in [0.2, 0.25) is 5.71 Å². The number of aromatic nitrogens is 2. The number of aliphatic hydroxyl groups excluding tert-OH is 1. The number of pyridine rings is 2. The van der Waals surface area contributed by atoms with Gasteiger partial charge in [-0.3, -0.25) is 9.78 Å². The standard InChI is InChI=1S/C27H19N2OS.C5H8O2.Ir/c1-15-11-16(2)13-18(12-15)25-14-23-24(31-25)10-9-22(29-23)21-6-4-5-19-20-8-7-17(3)28-27(20)30-26(19)21;1-4(6)3-5(2)7;/h4-5,7-14H,1-3H3;3,6H,1-2H3;/q-1;;/b;4-3-;. The van der Waals surface area contributed by atoms with Gasteiger partial charge in [0.1, 0.15) is 0 Å². The Morgan fingerprint density at radius 3 is 2.36 bits per heavy atom. The van der Waals surface area contributed by atoms with Gasteiger partial charge in [-0.25, -0.2) is 4.98 Å². The van der Waals surface area contributed by atoms with E-state index in [1.54, 1.807) is 11.3 Å². The average molecular weight is 712 g/mol. The Labute approximate surface area is 244 Å². The Morgan fingerprint density at radius 1 is 0.949 bits per heavy atom. The van der Waals surface area contributed by atoms with E-state index in [2.05, 4.69) is 67.4 Å². The predicted molar refractivity (Wildman–Crippen MR) is 156 cm³/mol. The Balaban J connectivity index is 0.000000394. The maximum atomic E-state index is 10.0. The number of rotatable bonds is 3. The van der Waals surface area contributed by atoms with Crippen LogP contribution in [-0.4, -0.2) is 20.9 Å². The van der Waals surface area contributed by atoms with Gasteiger partial charge in [0.05, 0.1) is 21.6 Å². The third kappa shape index (κ3) is 6.17. The molecule has 4 heterocycles. The predicted octanol–water partition coefficient (Wildman–Crippen LogP) is 8.68. The fourth-order valence-corrected chi connectivity index (χ4v) is 5.51. The Bertz CT molecular complexity index is 1840. The summed E-state index contributed by atoms with van der Waals surface area (Å²) >= 11 is 1.77. The summed E-state index contributed by atoms with van der Waals surface area (Å²) in [5.41, 5.74) is 8.90. The normalized spacial score (nSPS) is 11.4. The van der Waals surface area contributed by atoms with Crippen molar-refractivity contribution in [2.75, 3.05) is 0 Å². The fourth-order valence-electron chi connectivity index (χ4n) is 4.52. The third-order valence-electron chi connectivity index (χ3n) is 5.99. The van der Waals surface area contributed by atoms with E-state index >= 15 is 0 Å². The fraction of sp³-hybridized carbons (Fsp3) is 0.156. The van der Waals surface area contributed by atoms with E-state index in [0.717, 1.165) is 38.8 Å². The number of ketones is 1. The van der Waals surface area contributed by atoms with Crippen molar-refractivity contribution in [2.45, 2.75) is 34.6 Å². The molecule has 2 aromatic carbocycles. The van der Waals surface area contributed by atoms with Gasteiger partial charge in [-0.2, -0.15) is 0 Å². The molecule has 0 aliphatic carbocycles. The number of benzene rings is 2. The molecule has 199 valence electrons. The molecule has 1 radical (unpaired) electrons. The number of hydrogen-bond acceptors (Lipinski definition) is 6. The van der Waals surface area contributed by atoms with Gasteiger partial charge in [0, 0.05) is 42.1 Å². The second kappa shape index (κ2) is 11.6. The maximum absolute atomic E-state index is 10.0. The first-order valence-electron chi connectivity index (χ1n) is 12.3. The van der Waals surface area contributed by atoms with Crippen molar-refractivity contribution in [1.82, 2.24) is 9.97 Å². The van der Waals surface area contributed by atoms with Crippen molar-refractivity contribution in [3.63, 3.8) is 0 Å². The van der Waals surface area contributed by atoms with Gasteiger partial charge in [-0.15, -0.1) is 29.5 Å². The first kappa shape index (κ1) is 28.4. The van der Waals surface area contributed by atoms with Crippen molar-refractivity contribution < 1.29 is 34.4 Å². The van der Waals surface area contributed by atoms with Crippen LogP contribution in [0.1, 0.15) is 30.7 Å². The van der Waals surface area contributed by atoms with Crippen LogP contribution in [0, 0.1) is 26.8 Å². The minimum Gasteiger partial charge on any atom is -0.512 e. The van der Waals surface area contributed by atoms with E-state index in [9.17, 15) is 4.79 Å². The molecule has 0 unspecified atom stereocenters. The van der Waals surface area contributed by atoms with Crippen molar-refractivity contribution in [1.29, 1.82) is 0 Å². The molecular weight excluding hydrogens is 685 g/mol. The van der Waals surface area contributed by atoms with Crippen LogP contribution in [0.2, 0.25) is 0 Å². The number of allylic oxidation sites excluding steroid dienone is 2. The van der Waals surface area contributed by atoms with Gasteiger partial charge < -0.3 is 9.52 Å². The Hall–Kier alpha value is -3.64. The van der Waals surface area contributed by atoms with Crippen LogP contribution >= 0.6 is 11.3 Å². The number of aliphatic hydroxyl groups is 1. The van der Waals surface area contributed by atoms with E-state index in [1.807, 2.05) is 25.1 Å². The molecule has 0 aliphatic heterocycles. The Morgan fingerprint density at radius 2 is 1.69 bits per heavy atom. The second-order valence-corrected chi connectivity index (χ2v) is 10.5. The molecule has 0 fully saturated rings. The molecule has 0 amide bonds. The van der Waals surface area contributed by atoms with Gasteiger partial charge in [-0.05, 0) is 70.1 Å². The number of furan rings is 1. The maximum Gasteiger partial charge on any atom is 0.216 e. The molecule has 6 aromatic rings. The van der Waals surface area contributed by atoms with E-state index in [4.69, 9.17) is 14.5 Å². The average Bonchev–Trinajstić information content (AvgIpc) is 3.43. The van der Waals surface area contributed by atoms with Gasteiger partial charge >= 0.3 is 0 Å². The number of nitrogens with zero attached hydrogens (tertiary/aromatic N) is 2. The van der Waals surface area contributed by atoms with Crippen LogP contribution in [0.25, 0.3) is 54.0 Å². The molecule has 5 nitrogen and oxygen atoms in total. The molecule has 0 atom stereocenters. The van der Waals surface area contributed by atoms with Crippen LogP contribution in [0.3, 0.4) is 0 Å². The molecule has 0 aliphatic rings. The zero-order chi connectivity index (χ0) is 27.0. The van der Waals surface area contributed by atoms with Gasteiger partial charge in [0.15, 0.2) is 5.78 Å². The van der Waals surface area contributed by atoms with E-state index in [-0.39, 0.29) is 31.6 Å². The topological polar surface area (TPSA) is 76.2 Å². The molecule has 0 spiro atoms. The largest absolute Gasteiger partial charge is 0.512 e. The summed E-state index contributed by atoms with van der Waals surface area (Å²) in [4.78, 5) is 20.8. The van der Waals surface area contributed by atoms with Crippen LogP contribution < -0.4 is 0 Å². The molecule has 0 saturated carbocycles. The summed E-state index contributed by atoms with van der Waals surface area (Å²) < 4.78 is 7.33. The molecule has 4 aromatic heterocycles. The van der Waals surface area contributed by atoms with Crippen LogP contribution in [0.5, 0.6) is 0 Å². The minimum atomic E-state index is -0.125. The SMILES string of the molecule is CC(=O)/C=C(/C)O.Cc1cc(C)cc(-c2cc3nc(-c4[c-]ccc5c4oc4nc(C)ccc45)ccc3s2)c1.[Ir]. The first-order chi connectivity index (χ1) is 18.2. The molecular formula is C32H27IrN2O3S-. The first-order valence-corrected chi connectivity index (χ1v) is 13.1. The monoisotopic (exact) mass is 712 g/mol. The summed E-state index contributed by atoms with van der Waals surface area (Å²) in [6.45, 7) is 9.10. The summed E-state index contributed by atoms with van der Waals surface area (Å²) in [5.74, 6) is -0.0625. The summed E-state index contributed by atoms with van der Waals surface area (Å²) in [6.07, 6.45) is 1.17. The Kier molecular flexibility index (Phi) is 8.45. The molecule has 6 rings (SSSR count). The number of carbonyl (C=O) groups excluding carboxylic acids is 1. The van der Waals surface area contributed by atoms with E-state index < -0.39 is 0 Å². The minimum absolute atomic E-state index is 0. The third-order valence-corrected chi connectivity index (χ3v) is 7.12. The molecule has 7 heteroatoms. The molecule has 0 saturated heterocycles. The van der Waals surface area contributed by atoms with E-state index in [1.165, 1.54) is 46.2 Å². The smallest absolute Gasteiger partial charge is 0.216 e. The van der Waals surface area contributed by atoms with Crippen molar-refractivity contribution in [2.24, 2.45) is 0 Å². The number of thiophene rings is 1. The number of fused-ring (bicyclic) bond motifs is 4. The summed E-state index contributed by atoms with van der Waals surface area (Å²) in [5, 5.41) is 10.4. The number of carbonyl (C=O) groups is 1. The second-order valence-electron chi connectivity index (χ2n) is 9.47. The van der Waals surface area contributed by atoms with Crippen molar-refractivity contribution in [3.05, 3.63) is 95.4 Å². The summed E-state index contributed by atoms with van der Waals surface area (Å²) in [7, 11) is 0. The molecule has 39 heavy (non-hydrogen) atoms. The van der Waals surface area contributed by atoms with Crippen molar-refractivity contribution >= 4 is 49.4 Å². The summed E-state index contributed by atoms with van der Waals surface area (Å²) in [6, 6.07) is 24.4. The number of hydrogen-bond donors (Lipinski definition) is 1.